The molecule has 1 aromatic rings. The van der Waals surface area contributed by atoms with Crippen molar-refractivity contribution in [2.24, 2.45) is 5.14 Å². The van der Waals surface area contributed by atoms with Crippen LogP contribution in [-0.4, -0.2) is 27.7 Å². The SMILES string of the molecule is COC(C)(C)CCOc1ccc(C)cc1S(N)(=O)=O. The molecule has 0 heterocycles. The van der Waals surface area contributed by atoms with E-state index in [1.165, 1.54) is 6.07 Å². The summed E-state index contributed by atoms with van der Waals surface area (Å²) < 4.78 is 33.8. The fourth-order valence-electron chi connectivity index (χ4n) is 1.47. The van der Waals surface area contributed by atoms with Crippen molar-refractivity contribution in [3.05, 3.63) is 23.8 Å². The number of sulfonamides is 1. The normalized spacial score (nSPS) is 12.5. The van der Waals surface area contributed by atoms with Crippen LogP contribution in [0.1, 0.15) is 25.8 Å². The van der Waals surface area contributed by atoms with Gasteiger partial charge in [-0.25, -0.2) is 13.6 Å². The number of methoxy groups -OCH3 is 1. The highest BCUT2D eigenvalue weighted by molar-refractivity contribution is 7.89. The Labute approximate surface area is 114 Å². The standard InChI is InChI=1S/C13H21NO4S/c1-10-5-6-11(12(9-10)19(14,15)16)18-8-7-13(2,3)17-4/h5-6,9H,7-8H2,1-4H3,(H2,14,15,16). The molecule has 5 nitrogen and oxygen atoms in total. The van der Waals surface area contributed by atoms with Gasteiger partial charge in [0.15, 0.2) is 0 Å². The van der Waals surface area contributed by atoms with Gasteiger partial charge < -0.3 is 9.47 Å². The van der Waals surface area contributed by atoms with Gasteiger partial charge in [0, 0.05) is 13.5 Å². The van der Waals surface area contributed by atoms with Crippen molar-refractivity contribution >= 4 is 10.0 Å². The largest absolute Gasteiger partial charge is 0.492 e. The summed E-state index contributed by atoms with van der Waals surface area (Å²) in [5, 5.41) is 5.18. The van der Waals surface area contributed by atoms with Gasteiger partial charge in [0.2, 0.25) is 10.0 Å². The summed E-state index contributed by atoms with van der Waals surface area (Å²) in [6, 6.07) is 4.91. The molecule has 0 spiro atoms. The molecule has 0 fully saturated rings. The Balaban J connectivity index is 2.85. The van der Waals surface area contributed by atoms with Gasteiger partial charge in [-0.3, -0.25) is 0 Å². The third kappa shape index (κ3) is 4.81. The first kappa shape index (κ1) is 15.9. The van der Waals surface area contributed by atoms with Gasteiger partial charge in [0.05, 0.1) is 12.2 Å². The number of rotatable bonds is 6. The molecule has 0 aromatic heterocycles. The van der Waals surface area contributed by atoms with Crippen molar-refractivity contribution in [1.82, 2.24) is 0 Å². The maximum Gasteiger partial charge on any atom is 0.241 e. The van der Waals surface area contributed by atoms with E-state index >= 15 is 0 Å². The Kier molecular flexibility index (Phi) is 4.95. The van der Waals surface area contributed by atoms with Crippen LogP contribution in [0.25, 0.3) is 0 Å². The van der Waals surface area contributed by atoms with E-state index in [0.717, 1.165) is 5.56 Å². The number of hydrogen-bond acceptors (Lipinski definition) is 4. The van der Waals surface area contributed by atoms with E-state index in [0.29, 0.717) is 13.0 Å². The second kappa shape index (κ2) is 5.90. The van der Waals surface area contributed by atoms with Crippen molar-refractivity contribution in [2.75, 3.05) is 13.7 Å². The van der Waals surface area contributed by atoms with Crippen LogP contribution in [0, 0.1) is 6.92 Å². The lowest BCUT2D eigenvalue weighted by molar-refractivity contribution is 0.00522. The first-order chi connectivity index (χ1) is 8.65. The molecule has 19 heavy (non-hydrogen) atoms. The van der Waals surface area contributed by atoms with Crippen LogP contribution in [0.5, 0.6) is 5.75 Å². The predicted octanol–water partition coefficient (Wildman–Crippen LogP) is 1.84. The van der Waals surface area contributed by atoms with Gasteiger partial charge >= 0.3 is 0 Å². The molecule has 0 radical (unpaired) electrons. The van der Waals surface area contributed by atoms with Crippen molar-refractivity contribution in [1.29, 1.82) is 0 Å². The number of primary sulfonamides is 1. The Bertz CT molecular complexity index is 538. The summed E-state index contributed by atoms with van der Waals surface area (Å²) in [6.07, 6.45) is 0.640. The molecule has 0 saturated carbocycles. The van der Waals surface area contributed by atoms with E-state index in [9.17, 15) is 8.42 Å². The molecular formula is C13H21NO4S. The Morgan fingerprint density at radius 1 is 1.32 bits per heavy atom. The maximum atomic E-state index is 11.5. The summed E-state index contributed by atoms with van der Waals surface area (Å²) in [4.78, 5) is 0.0164. The van der Waals surface area contributed by atoms with Gasteiger partial charge in [0.25, 0.3) is 0 Å². The fourth-order valence-corrected chi connectivity index (χ4v) is 2.22. The monoisotopic (exact) mass is 287 g/mol. The van der Waals surface area contributed by atoms with Gasteiger partial charge in [-0.1, -0.05) is 6.07 Å². The van der Waals surface area contributed by atoms with Crippen LogP contribution in [0.2, 0.25) is 0 Å². The van der Waals surface area contributed by atoms with Crippen LogP contribution in [0.4, 0.5) is 0 Å². The number of nitrogens with two attached hydrogens (primary N) is 1. The van der Waals surface area contributed by atoms with E-state index in [1.54, 1.807) is 26.2 Å². The Morgan fingerprint density at radius 3 is 2.47 bits per heavy atom. The highest BCUT2D eigenvalue weighted by Gasteiger charge is 2.19. The Morgan fingerprint density at radius 2 is 1.95 bits per heavy atom. The molecule has 0 amide bonds. The van der Waals surface area contributed by atoms with Crippen LogP contribution in [-0.2, 0) is 14.8 Å². The number of benzene rings is 1. The van der Waals surface area contributed by atoms with Crippen molar-refractivity contribution < 1.29 is 17.9 Å². The van der Waals surface area contributed by atoms with Gasteiger partial charge in [-0.2, -0.15) is 0 Å². The minimum absolute atomic E-state index is 0.0164. The molecule has 2 N–H and O–H groups in total. The predicted molar refractivity (Wildman–Crippen MR) is 73.8 cm³/mol. The second-order valence-corrected chi connectivity index (χ2v) is 6.59. The lowest BCUT2D eigenvalue weighted by atomic mass is 10.1. The second-order valence-electron chi connectivity index (χ2n) is 5.06. The lowest BCUT2D eigenvalue weighted by Gasteiger charge is -2.23. The minimum atomic E-state index is -3.78. The molecule has 0 saturated heterocycles. The molecule has 0 bridgehead atoms. The summed E-state index contributed by atoms with van der Waals surface area (Å²) >= 11 is 0. The third-order valence-electron chi connectivity index (χ3n) is 2.92. The molecule has 0 aliphatic carbocycles. The number of aryl methyl sites for hydroxylation is 1. The quantitative estimate of drug-likeness (QED) is 0.866. The van der Waals surface area contributed by atoms with E-state index in [4.69, 9.17) is 14.6 Å². The fraction of sp³-hybridized carbons (Fsp3) is 0.538. The summed E-state index contributed by atoms with van der Waals surface area (Å²) in [5.41, 5.74) is 0.500. The zero-order valence-electron chi connectivity index (χ0n) is 11.8. The molecule has 6 heteroatoms. The van der Waals surface area contributed by atoms with E-state index in [2.05, 4.69) is 0 Å². The van der Waals surface area contributed by atoms with E-state index in [1.807, 2.05) is 13.8 Å². The smallest absolute Gasteiger partial charge is 0.241 e. The molecule has 1 aromatic carbocycles. The number of ether oxygens (including phenoxy) is 2. The van der Waals surface area contributed by atoms with Gasteiger partial charge in [-0.05, 0) is 38.5 Å². The van der Waals surface area contributed by atoms with E-state index in [-0.39, 0.29) is 16.2 Å². The summed E-state index contributed by atoms with van der Waals surface area (Å²) in [7, 11) is -2.16. The Hall–Kier alpha value is -1.11. The molecule has 0 aliphatic rings. The molecule has 108 valence electrons. The van der Waals surface area contributed by atoms with Crippen molar-refractivity contribution in [3.63, 3.8) is 0 Å². The zero-order chi connectivity index (χ0) is 14.7. The molecule has 0 unspecified atom stereocenters. The van der Waals surface area contributed by atoms with Crippen LogP contribution < -0.4 is 9.88 Å². The average molecular weight is 287 g/mol. The van der Waals surface area contributed by atoms with Crippen LogP contribution in [0.3, 0.4) is 0 Å². The third-order valence-corrected chi connectivity index (χ3v) is 3.85. The summed E-state index contributed by atoms with van der Waals surface area (Å²) in [6.45, 7) is 6.02. The first-order valence-corrected chi connectivity index (χ1v) is 7.52. The van der Waals surface area contributed by atoms with Crippen molar-refractivity contribution in [2.45, 2.75) is 37.7 Å². The highest BCUT2D eigenvalue weighted by Crippen LogP contribution is 2.24. The topological polar surface area (TPSA) is 78.6 Å². The van der Waals surface area contributed by atoms with Crippen molar-refractivity contribution in [3.8, 4) is 5.75 Å². The number of hydrogen-bond donors (Lipinski definition) is 1. The molecule has 0 aliphatic heterocycles. The molecule has 0 atom stereocenters. The zero-order valence-corrected chi connectivity index (χ0v) is 12.6. The summed E-state index contributed by atoms with van der Waals surface area (Å²) in [5.74, 6) is 0.278. The average Bonchev–Trinajstić information content (AvgIpc) is 2.29. The highest BCUT2D eigenvalue weighted by atomic mass is 32.2. The van der Waals surface area contributed by atoms with E-state index < -0.39 is 10.0 Å². The van der Waals surface area contributed by atoms with Crippen LogP contribution >= 0.6 is 0 Å². The molecule has 1 rings (SSSR count). The minimum Gasteiger partial charge on any atom is -0.492 e. The van der Waals surface area contributed by atoms with Gasteiger partial charge in [-0.15, -0.1) is 0 Å². The maximum absolute atomic E-state index is 11.5. The molecular weight excluding hydrogens is 266 g/mol. The first-order valence-electron chi connectivity index (χ1n) is 5.97. The lowest BCUT2D eigenvalue weighted by Crippen LogP contribution is -2.25. The van der Waals surface area contributed by atoms with Gasteiger partial charge in [0.1, 0.15) is 10.6 Å². The van der Waals surface area contributed by atoms with Crippen LogP contribution in [0.15, 0.2) is 23.1 Å².